The second-order valence-electron chi connectivity index (χ2n) is 6.82. The van der Waals surface area contributed by atoms with Gasteiger partial charge in [-0.3, -0.25) is 4.68 Å². The average molecular weight is 379 g/mol. The highest BCUT2D eigenvalue weighted by Gasteiger charge is 2.12. The summed E-state index contributed by atoms with van der Waals surface area (Å²) in [6.45, 7) is 7.35. The van der Waals surface area contributed by atoms with Gasteiger partial charge in [0.15, 0.2) is 0 Å². The van der Waals surface area contributed by atoms with Crippen molar-refractivity contribution in [1.29, 1.82) is 0 Å². The number of para-hydroxylation sites is 1. The second-order valence-corrected chi connectivity index (χ2v) is 6.82. The zero-order chi connectivity index (χ0) is 19.9. The summed E-state index contributed by atoms with van der Waals surface area (Å²) < 4.78 is 7.73. The number of nitrogens with one attached hydrogen (secondary N) is 2. The SMILES string of the molecule is Cc1cc(C)n(CC(C)CNC(=O)Nc2cccnc2Oc2ccccc2)n1. The van der Waals surface area contributed by atoms with Crippen LogP contribution in [0.3, 0.4) is 0 Å². The quantitative estimate of drug-likeness (QED) is 0.646. The Balaban J connectivity index is 1.54. The lowest BCUT2D eigenvalue weighted by Crippen LogP contribution is -2.33. The number of hydrogen-bond acceptors (Lipinski definition) is 4. The van der Waals surface area contributed by atoms with Gasteiger partial charge in [0.25, 0.3) is 0 Å². The van der Waals surface area contributed by atoms with Gasteiger partial charge in [0.05, 0.1) is 5.69 Å². The predicted octanol–water partition coefficient (Wildman–Crippen LogP) is 4.15. The highest BCUT2D eigenvalue weighted by atomic mass is 16.5. The minimum Gasteiger partial charge on any atom is -0.437 e. The Morgan fingerprint density at radius 3 is 2.68 bits per heavy atom. The maximum Gasteiger partial charge on any atom is 0.319 e. The Labute approximate surface area is 164 Å². The summed E-state index contributed by atoms with van der Waals surface area (Å²) in [5, 5.41) is 10.2. The molecular weight excluding hydrogens is 354 g/mol. The third-order valence-electron chi connectivity index (χ3n) is 4.18. The number of ether oxygens (including phenoxy) is 1. The molecule has 1 atom stereocenters. The lowest BCUT2D eigenvalue weighted by Gasteiger charge is -2.15. The maximum absolute atomic E-state index is 12.3. The largest absolute Gasteiger partial charge is 0.437 e. The zero-order valence-electron chi connectivity index (χ0n) is 16.3. The first-order valence-electron chi connectivity index (χ1n) is 9.25. The Hall–Kier alpha value is -3.35. The van der Waals surface area contributed by atoms with Gasteiger partial charge in [-0.1, -0.05) is 25.1 Å². The monoisotopic (exact) mass is 379 g/mol. The van der Waals surface area contributed by atoms with E-state index in [0.29, 0.717) is 23.9 Å². The van der Waals surface area contributed by atoms with E-state index in [0.717, 1.165) is 17.9 Å². The van der Waals surface area contributed by atoms with E-state index in [-0.39, 0.29) is 11.9 Å². The fourth-order valence-corrected chi connectivity index (χ4v) is 2.82. The number of carbonyl (C=O) groups is 1. The summed E-state index contributed by atoms with van der Waals surface area (Å²) in [5.74, 6) is 1.24. The van der Waals surface area contributed by atoms with E-state index in [2.05, 4.69) is 27.6 Å². The van der Waals surface area contributed by atoms with Gasteiger partial charge in [0.2, 0.25) is 5.88 Å². The summed E-state index contributed by atoms with van der Waals surface area (Å²) in [6, 6.07) is 14.6. The van der Waals surface area contributed by atoms with Gasteiger partial charge in [-0.2, -0.15) is 5.10 Å². The van der Waals surface area contributed by atoms with E-state index in [1.807, 2.05) is 54.9 Å². The molecule has 0 fully saturated rings. The minimum absolute atomic E-state index is 0.234. The maximum atomic E-state index is 12.3. The fourth-order valence-electron chi connectivity index (χ4n) is 2.82. The Kier molecular flexibility index (Phi) is 6.26. The number of aryl methyl sites for hydroxylation is 2. The van der Waals surface area contributed by atoms with Crippen LogP contribution in [0, 0.1) is 19.8 Å². The molecule has 7 heteroatoms. The predicted molar refractivity (Wildman–Crippen MR) is 109 cm³/mol. The number of pyridine rings is 1. The van der Waals surface area contributed by atoms with Gasteiger partial charge in [-0.15, -0.1) is 0 Å². The van der Waals surface area contributed by atoms with E-state index >= 15 is 0 Å². The van der Waals surface area contributed by atoms with Gasteiger partial charge < -0.3 is 15.4 Å². The zero-order valence-corrected chi connectivity index (χ0v) is 16.3. The molecule has 1 aromatic carbocycles. The molecule has 2 amide bonds. The molecule has 146 valence electrons. The van der Waals surface area contributed by atoms with Crippen LogP contribution in [0.2, 0.25) is 0 Å². The molecule has 0 saturated carbocycles. The third-order valence-corrected chi connectivity index (χ3v) is 4.18. The first-order chi connectivity index (χ1) is 13.5. The highest BCUT2D eigenvalue weighted by molar-refractivity contribution is 5.90. The number of aromatic nitrogens is 3. The first kappa shape index (κ1) is 19.4. The Morgan fingerprint density at radius 1 is 1.18 bits per heavy atom. The Bertz CT molecular complexity index is 924. The van der Waals surface area contributed by atoms with Crippen LogP contribution in [0.25, 0.3) is 0 Å². The highest BCUT2D eigenvalue weighted by Crippen LogP contribution is 2.26. The molecular formula is C21H25N5O2. The normalized spacial score (nSPS) is 11.7. The van der Waals surface area contributed by atoms with Gasteiger partial charge >= 0.3 is 6.03 Å². The van der Waals surface area contributed by atoms with Crippen molar-refractivity contribution in [2.75, 3.05) is 11.9 Å². The van der Waals surface area contributed by atoms with Crippen molar-refractivity contribution in [2.24, 2.45) is 5.92 Å². The summed E-state index contributed by atoms with van der Waals surface area (Å²) in [4.78, 5) is 16.5. The van der Waals surface area contributed by atoms with Crippen LogP contribution in [-0.4, -0.2) is 27.3 Å². The van der Waals surface area contributed by atoms with Crippen LogP contribution in [0.1, 0.15) is 18.3 Å². The van der Waals surface area contributed by atoms with Crippen molar-refractivity contribution in [2.45, 2.75) is 27.3 Å². The number of benzene rings is 1. The number of urea groups is 1. The average Bonchev–Trinajstić information content (AvgIpc) is 2.99. The molecule has 2 N–H and O–H groups in total. The van der Waals surface area contributed by atoms with Gasteiger partial charge in [0.1, 0.15) is 11.4 Å². The van der Waals surface area contributed by atoms with Crippen molar-refractivity contribution in [1.82, 2.24) is 20.1 Å². The van der Waals surface area contributed by atoms with Crippen molar-refractivity contribution in [3.8, 4) is 11.6 Å². The van der Waals surface area contributed by atoms with E-state index in [1.54, 1.807) is 18.3 Å². The van der Waals surface area contributed by atoms with Crippen LogP contribution >= 0.6 is 0 Å². The first-order valence-corrected chi connectivity index (χ1v) is 9.25. The lowest BCUT2D eigenvalue weighted by molar-refractivity contribution is 0.249. The molecule has 0 saturated heterocycles. The van der Waals surface area contributed by atoms with Crippen LogP contribution in [-0.2, 0) is 6.54 Å². The topological polar surface area (TPSA) is 81.1 Å². The van der Waals surface area contributed by atoms with Crippen molar-refractivity contribution in [3.05, 3.63) is 66.1 Å². The lowest BCUT2D eigenvalue weighted by atomic mass is 10.2. The summed E-state index contributed by atoms with van der Waals surface area (Å²) in [7, 11) is 0. The van der Waals surface area contributed by atoms with E-state index < -0.39 is 0 Å². The second kappa shape index (κ2) is 9.03. The molecule has 0 bridgehead atoms. The molecule has 28 heavy (non-hydrogen) atoms. The number of anilines is 1. The molecule has 2 aromatic heterocycles. The van der Waals surface area contributed by atoms with Gasteiger partial charge in [-0.05, 0) is 50.1 Å². The smallest absolute Gasteiger partial charge is 0.319 e. The van der Waals surface area contributed by atoms with Crippen molar-refractivity contribution in [3.63, 3.8) is 0 Å². The van der Waals surface area contributed by atoms with Crippen LogP contribution in [0.4, 0.5) is 10.5 Å². The van der Waals surface area contributed by atoms with Crippen molar-refractivity contribution < 1.29 is 9.53 Å². The summed E-state index contributed by atoms with van der Waals surface area (Å²) in [5.41, 5.74) is 2.62. The minimum atomic E-state index is -0.300. The molecule has 0 aliphatic heterocycles. The Morgan fingerprint density at radius 2 is 1.96 bits per heavy atom. The third kappa shape index (κ3) is 5.33. The summed E-state index contributed by atoms with van der Waals surface area (Å²) in [6.07, 6.45) is 1.62. The molecule has 0 radical (unpaired) electrons. The number of amides is 2. The fraction of sp³-hybridized carbons (Fsp3) is 0.286. The van der Waals surface area contributed by atoms with Gasteiger partial charge in [-0.25, -0.2) is 9.78 Å². The molecule has 0 spiro atoms. The van der Waals surface area contributed by atoms with Crippen molar-refractivity contribution >= 4 is 11.7 Å². The number of carbonyl (C=O) groups excluding carboxylic acids is 1. The van der Waals surface area contributed by atoms with Crippen LogP contribution in [0.15, 0.2) is 54.7 Å². The van der Waals surface area contributed by atoms with Crippen LogP contribution < -0.4 is 15.4 Å². The standard InChI is InChI=1S/C21H25N5O2/c1-15(14-26-17(3)12-16(2)25-26)13-23-21(27)24-19-10-7-11-22-20(19)28-18-8-5-4-6-9-18/h4-12,15H,13-14H2,1-3H3,(H2,23,24,27). The van der Waals surface area contributed by atoms with E-state index in [4.69, 9.17) is 4.74 Å². The van der Waals surface area contributed by atoms with Crippen LogP contribution in [0.5, 0.6) is 11.6 Å². The molecule has 0 aliphatic rings. The number of hydrogen-bond donors (Lipinski definition) is 2. The number of nitrogens with zero attached hydrogens (tertiary/aromatic N) is 3. The van der Waals surface area contributed by atoms with E-state index in [9.17, 15) is 4.79 Å². The number of rotatable bonds is 7. The van der Waals surface area contributed by atoms with Gasteiger partial charge in [0, 0.05) is 25.0 Å². The molecule has 2 heterocycles. The molecule has 1 unspecified atom stereocenters. The van der Waals surface area contributed by atoms with E-state index in [1.165, 1.54) is 0 Å². The summed E-state index contributed by atoms with van der Waals surface area (Å²) >= 11 is 0. The molecule has 3 rings (SSSR count). The molecule has 7 nitrogen and oxygen atoms in total. The molecule has 0 aliphatic carbocycles. The molecule has 3 aromatic rings.